The molecule has 8 heteroatoms. The maximum absolute atomic E-state index is 13.3. The second kappa shape index (κ2) is 10.3. The van der Waals surface area contributed by atoms with Crippen molar-refractivity contribution in [1.82, 2.24) is 5.32 Å². The van der Waals surface area contributed by atoms with Crippen LogP contribution < -0.4 is 15.0 Å². The number of barbiturate groups is 1. The molecule has 1 aliphatic heterocycles. The van der Waals surface area contributed by atoms with Gasteiger partial charge in [0.2, 0.25) is 0 Å². The van der Waals surface area contributed by atoms with Crippen molar-refractivity contribution in [3.05, 3.63) is 96.0 Å². The van der Waals surface area contributed by atoms with Crippen LogP contribution in [0.3, 0.4) is 0 Å². The molecule has 1 N–H and O–H groups in total. The van der Waals surface area contributed by atoms with Gasteiger partial charge in [0.25, 0.3) is 11.8 Å². The number of benzene rings is 3. The molecule has 0 aliphatic carbocycles. The van der Waals surface area contributed by atoms with Gasteiger partial charge < -0.3 is 4.74 Å². The number of carbonyl (C=O) groups is 3. The number of amides is 4. The lowest BCUT2D eigenvalue weighted by atomic mass is 10.0. The van der Waals surface area contributed by atoms with E-state index in [1.165, 1.54) is 6.08 Å². The Morgan fingerprint density at radius 2 is 1.77 bits per heavy atom. The molecule has 0 atom stereocenters. The van der Waals surface area contributed by atoms with Gasteiger partial charge in [0.15, 0.2) is 0 Å². The maximum Gasteiger partial charge on any atom is 0.335 e. The number of carbonyl (C=O) groups excluding carboxylic acids is 3. The van der Waals surface area contributed by atoms with Gasteiger partial charge in [0.05, 0.1) is 12.8 Å². The number of rotatable bonds is 5. The van der Waals surface area contributed by atoms with Crippen LogP contribution in [0.5, 0.6) is 5.75 Å². The van der Waals surface area contributed by atoms with Gasteiger partial charge in [0.1, 0.15) is 11.3 Å². The number of methoxy groups -OCH3 is 1. The lowest BCUT2D eigenvalue weighted by Gasteiger charge is -2.27. The van der Waals surface area contributed by atoms with Crippen molar-refractivity contribution in [2.45, 2.75) is 20.3 Å². The molecule has 0 radical (unpaired) electrons. The normalized spacial score (nSPS) is 14.9. The number of ether oxygens (including phenoxy) is 1. The van der Waals surface area contributed by atoms with Crippen molar-refractivity contribution in [3.8, 4) is 5.75 Å². The van der Waals surface area contributed by atoms with Gasteiger partial charge in [-0.15, -0.1) is 0 Å². The SMILES string of the molecule is COc1cc(/C=C2\C(=O)NC(=O)N(c3ccc(C)c(C)c3)C2=O)cc(I)c1Cc1ccccc1Br. The average Bonchev–Trinajstić information content (AvgIpc) is 2.81. The summed E-state index contributed by atoms with van der Waals surface area (Å²) in [4.78, 5) is 39.4. The lowest BCUT2D eigenvalue weighted by molar-refractivity contribution is -0.122. The number of anilines is 1. The van der Waals surface area contributed by atoms with E-state index in [1.807, 2.05) is 50.2 Å². The first-order valence-corrected chi connectivity index (χ1v) is 12.6. The number of hydrogen-bond acceptors (Lipinski definition) is 4. The Bertz CT molecular complexity index is 1400. The molecule has 3 aromatic carbocycles. The zero-order chi connectivity index (χ0) is 25.3. The van der Waals surface area contributed by atoms with Crippen LogP contribution in [-0.4, -0.2) is 25.0 Å². The van der Waals surface area contributed by atoms with Gasteiger partial charge in [-0.05, 0) is 95.1 Å². The summed E-state index contributed by atoms with van der Waals surface area (Å²) in [6.45, 7) is 3.85. The Morgan fingerprint density at radius 3 is 2.46 bits per heavy atom. The minimum absolute atomic E-state index is 0.126. The number of nitrogens with one attached hydrogen (secondary N) is 1. The molecule has 35 heavy (non-hydrogen) atoms. The van der Waals surface area contributed by atoms with Crippen LogP contribution >= 0.6 is 38.5 Å². The Kier molecular flexibility index (Phi) is 7.42. The van der Waals surface area contributed by atoms with Gasteiger partial charge in [0, 0.05) is 20.0 Å². The van der Waals surface area contributed by atoms with E-state index in [4.69, 9.17) is 4.74 Å². The van der Waals surface area contributed by atoms with E-state index in [1.54, 1.807) is 25.3 Å². The van der Waals surface area contributed by atoms with Crippen LogP contribution in [-0.2, 0) is 16.0 Å². The highest BCUT2D eigenvalue weighted by molar-refractivity contribution is 14.1. The molecule has 0 unspecified atom stereocenters. The predicted octanol–water partition coefficient (Wildman–Crippen LogP) is 5.94. The zero-order valence-corrected chi connectivity index (χ0v) is 23.1. The fourth-order valence-electron chi connectivity index (χ4n) is 3.82. The van der Waals surface area contributed by atoms with E-state index in [0.717, 1.165) is 35.2 Å². The first kappa shape index (κ1) is 25.1. The van der Waals surface area contributed by atoms with Crippen molar-refractivity contribution in [2.24, 2.45) is 0 Å². The first-order chi connectivity index (χ1) is 16.7. The quantitative estimate of drug-likeness (QED) is 0.212. The van der Waals surface area contributed by atoms with Crippen LogP contribution in [0.1, 0.15) is 27.8 Å². The number of nitrogens with zero attached hydrogens (tertiary/aromatic N) is 1. The highest BCUT2D eigenvalue weighted by Gasteiger charge is 2.37. The summed E-state index contributed by atoms with van der Waals surface area (Å²) in [7, 11) is 1.59. The summed E-state index contributed by atoms with van der Waals surface area (Å²) in [6, 6.07) is 16.2. The van der Waals surface area contributed by atoms with Gasteiger partial charge in [-0.2, -0.15) is 0 Å². The summed E-state index contributed by atoms with van der Waals surface area (Å²) in [5.41, 5.74) is 4.98. The number of hydrogen-bond donors (Lipinski definition) is 1. The molecule has 178 valence electrons. The minimum atomic E-state index is -0.767. The molecule has 1 saturated heterocycles. The summed E-state index contributed by atoms with van der Waals surface area (Å²) >= 11 is 5.82. The monoisotopic (exact) mass is 644 g/mol. The van der Waals surface area contributed by atoms with E-state index in [0.29, 0.717) is 23.4 Å². The molecular weight excluding hydrogens is 623 g/mol. The summed E-state index contributed by atoms with van der Waals surface area (Å²) < 4.78 is 7.58. The second-order valence-corrected chi connectivity index (χ2v) is 10.2. The summed E-state index contributed by atoms with van der Waals surface area (Å²) in [6.07, 6.45) is 2.14. The Balaban J connectivity index is 1.72. The van der Waals surface area contributed by atoms with Crippen molar-refractivity contribution >= 4 is 68.1 Å². The van der Waals surface area contributed by atoms with Crippen LogP contribution in [0.15, 0.2) is 64.6 Å². The van der Waals surface area contributed by atoms with E-state index >= 15 is 0 Å². The van der Waals surface area contributed by atoms with Gasteiger partial charge in [-0.25, -0.2) is 9.69 Å². The van der Waals surface area contributed by atoms with E-state index in [2.05, 4.69) is 43.8 Å². The van der Waals surface area contributed by atoms with Gasteiger partial charge in [-0.1, -0.05) is 40.2 Å². The number of halogens is 2. The third kappa shape index (κ3) is 5.18. The molecule has 1 aliphatic rings. The van der Waals surface area contributed by atoms with E-state index < -0.39 is 17.8 Å². The number of aryl methyl sites for hydroxylation is 2. The molecule has 0 bridgehead atoms. The molecule has 0 spiro atoms. The van der Waals surface area contributed by atoms with Crippen molar-refractivity contribution in [1.29, 1.82) is 0 Å². The lowest BCUT2D eigenvalue weighted by Crippen LogP contribution is -2.54. The largest absolute Gasteiger partial charge is 0.496 e. The van der Waals surface area contributed by atoms with Crippen molar-refractivity contribution < 1.29 is 19.1 Å². The number of imide groups is 2. The Hall–Kier alpha value is -2.98. The summed E-state index contributed by atoms with van der Waals surface area (Å²) in [5, 5.41) is 2.28. The zero-order valence-electron chi connectivity index (χ0n) is 19.3. The third-order valence-corrected chi connectivity index (χ3v) is 7.62. The average molecular weight is 645 g/mol. The van der Waals surface area contributed by atoms with Crippen LogP contribution in [0.4, 0.5) is 10.5 Å². The topological polar surface area (TPSA) is 75.7 Å². The minimum Gasteiger partial charge on any atom is -0.496 e. The third-order valence-electron chi connectivity index (χ3n) is 5.88. The van der Waals surface area contributed by atoms with Gasteiger partial charge >= 0.3 is 6.03 Å². The molecule has 1 fully saturated rings. The van der Waals surface area contributed by atoms with E-state index in [9.17, 15) is 14.4 Å². The highest BCUT2D eigenvalue weighted by Crippen LogP contribution is 2.32. The van der Waals surface area contributed by atoms with Crippen LogP contribution in [0.25, 0.3) is 6.08 Å². The highest BCUT2D eigenvalue weighted by atomic mass is 127. The number of urea groups is 1. The van der Waals surface area contributed by atoms with Crippen LogP contribution in [0.2, 0.25) is 0 Å². The molecule has 0 saturated carbocycles. The summed E-state index contributed by atoms with van der Waals surface area (Å²) in [5.74, 6) is -0.759. The molecular formula is C27H22BrIN2O4. The predicted molar refractivity (Wildman–Crippen MR) is 148 cm³/mol. The second-order valence-electron chi connectivity index (χ2n) is 8.18. The molecule has 3 aromatic rings. The molecule has 0 aromatic heterocycles. The molecule has 4 amide bonds. The molecule has 6 nitrogen and oxygen atoms in total. The Labute approximate surface area is 225 Å². The molecule has 4 rings (SSSR count). The first-order valence-electron chi connectivity index (χ1n) is 10.8. The maximum atomic E-state index is 13.3. The van der Waals surface area contributed by atoms with E-state index in [-0.39, 0.29) is 5.57 Å². The fraction of sp³-hybridized carbons (Fsp3) is 0.148. The van der Waals surface area contributed by atoms with Crippen molar-refractivity contribution in [3.63, 3.8) is 0 Å². The smallest absolute Gasteiger partial charge is 0.335 e. The standard InChI is InChI=1S/C27H22BrIN2O4/c1-15-8-9-19(10-16(15)2)31-26(33)21(25(32)30-27(31)34)11-17-12-23(29)20(24(13-17)35-3)14-18-6-4-5-7-22(18)28/h4-13H,14H2,1-3H3,(H,30,32,34)/b21-11+. The van der Waals surface area contributed by atoms with Crippen molar-refractivity contribution in [2.75, 3.05) is 12.0 Å². The molecule has 1 heterocycles. The Morgan fingerprint density at radius 1 is 1.03 bits per heavy atom. The van der Waals surface area contributed by atoms with Crippen LogP contribution in [0, 0.1) is 17.4 Å². The fourth-order valence-corrected chi connectivity index (χ4v) is 5.06. The van der Waals surface area contributed by atoms with Gasteiger partial charge in [-0.3, -0.25) is 14.9 Å².